The van der Waals surface area contributed by atoms with E-state index in [9.17, 15) is 4.79 Å². The highest BCUT2D eigenvalue weighted by atomic mass is 32.1. The summed E-state index contributed by atoms with van der Waals surface area (Å²) in [7, 11) is 0. The molecule has 0 aromatic heterocycles. The Morgan fingerprint density at radius 3 is 2.50 bits per heavy atom. The molecule has 0 aromatic rings. The average molecular weight is 191 g/mol. The van der Waals surface area contributed by atoms with Crippen molar-refractivity contribution in [2.45, 2.75) is 43.9 Å². The molecule has 0 saturated carbocycles. The molecule has 3 N–H and O–H groups in total. The molecule has 0 aliphatic heterocycles. The first kappa shape index (κ1) is 11.8. The summed E-state index contributed by atoms with van der Waals surface area (Å²) in [4.78, 5) is 10.3. The number of carboxylic acids is 1. The number of hydrogen-bond acceptors (Lipinski definition) is 3. The largest absolute Gasteiger partial charge is 0.480 e. The van der Waals surface area contributed by atoms with Gasteiger partial charge >= 0.3 is 5.97 Å². The van der Waals surface area contributed by atoms with Crippen molar-refractivity contribution in [3.05, 3.63) is 0 Å². The Hall–Kier alpha value is -0.220. The Kier molecular flexibility index (Phi) is 6.20. The minimum Gasteiger partial charge on any atom is -0.480 e. The summed E-state index contributed by atoms with van der Waals surface area (Å²) in [6.07, 6.45) is 3.40. The lowest BCUT2D eigenvalue weighted by molar-refractivity contribution is -0.138. The summed E-state index contributed by atoms with van der Waals surface area (Å²) in [6.45, 7) is 2.08. The summed E-state index contributed by atoms with van der Waals surface area (Å²) in [5.41, 5.74) is 5.33. The van der Waals surface area contributed by atoms with Gasteiger partial charge in [-0.25, -0.2) is 0 Å². The van der Waals surface area contributed by atoms with Crippen LogP contribution in [0.25, 0.3) is 0 Å². The fourth-order valence-corrected chi connectivity index (χ4v) is 1.38. The third-order valence-electron chi connectivity index (χ3n) is 1.75. The summed E-state index contributed by atoms with van der Waals surface area (Å²) >= 11 is 4.30. The van der Waals surface area contributed by atoms with E-state index in [2.05, 4.69) is 19.6 Å². The summed E-state index contributed by atoms with van der Waals surface area (Å²) < 4.78 is 0. The molecule has 0 amide bonds. The molecule has 0 fully saturated rings. The zero-order chi connectivity index (χ0) is 9.56. The normalized spacial score (nSPS) is 15.6. The molecular weight excluding hydrogens is 174 g/mol. The van der Waals surface area contributed by atoms with Crippen LogP contribution in [0.3, 0.4) is 0 Å². The van der Waals surface area contributed by atoms with Crippen molar-refractivity contribution in [2.75, 3.05) is 0 Å². The maximum Gasteiger partial charge on any atom is 0.320 e. The molecule has 2 atom stereocenters. The standard InChI is InChI=1S/C8H17NO2S/c1-2-3-6(12)4-5-7(9)8(10)11/h6-7,12H,2-5,9H2,1H3,(H,10,11). The van der Waals surface area contributed by atoms with Crippen LogP contribution in [0, 0.1) is 0 Å². The Morgan fingerprint density at radius 1 is 1.50 bits per heavy atom. The van der Waals surface area contributed by atoms with E-state index in [1.54, 1.807) is 0 Å². The third kappa shape index (κ3) is 5.43. The van der Waals surface area contributed by atoms with E-state index in [1.165, 1.54) is 0 Å². The average Bonchev–Trinajstić information content (AvgIpc) is 2.00. The molecule has 2 unspecified atom stereocenters. The van der Waals surface area contributed by atoms with E-state index in [4.69, 9.17) is 10.8 Å². The van der Waals surface area contributed by atoms with Gasteiger partial charge in [-0.05, 0) is 19.3 Å². The smallest absolute Gasteiger partial charge is 0.320 e. The molecule has 0 spiro atoms. The maximum absolute atomic E-state index is 10.3. The molecule has 0 aliphatic rings. The minimum atomic E-state index is -0.924. The highest BCUT2D eigenvalue weighted by Gasteiger charge is 2.12. The van der Waals surface area contributed by atoms with Crippen LogP contribution in [0.5, 0.6) is 0 Å². The van der Waals surface area contributed by atoms with Gasteiger partial charge in [0.2, 0.25) is 0 Å². The first-order valence-corrected chi connectivity index (χ1v) is 4.76. The van der Waals surface area contributed by atoms with Gasteiger partial charge in [0.15, 0.2) is 0 Å². The topological polar surface area (TPSA) is 63.3 Å². The van der Waals surface area contributed by atoms with E-state index in [1.807, 2.05) is 0 Å². The molecule has 72 valence electrons. The molecule has 4 heteroatoms. The fourth-order valence-electron chi connectivity index (χ4n) is 0.973. The van der Waals surface area contributed by atoms with Crippen molar-refractivity contribution in [3.8, 4) is 0 Å². The van der Waals surface area contributed by atoms with E-state index in [-0.39, 0.29) is 0 Å². The van der Waals surface area contributed by atoms with Crippen LogP contribution in [-0.2, 0) is 4.79 Å². The lowest BCUT2D eigenvalue weighted by atomic mass is 10.1. The molecule has 0 rings (SSSR count). The van der Waals surface area contributed by atoms with Gasteiger partial charge in [-0.3, -0.25) is 4.79 Å². The van der Waals surface area contributed by atoms with Crippen molar-refractivity contribution in [1.29, 1.82) is 0 Å². The Bertz CT molecular complexity index is 141. The van der Waals surface area contributed by atoms with Gasteiger partial charge in [0, 0.05) is 5.25 Å². The first-order chi connectivity index (χ1) is 5.57. The quantitative estimate of drug-likeness (QED) is 0.554. The summed E-state index contributed by atoms with van der Waals surface area (Å²) in [6, 6.07) is -0.725. The second kappa shape index (κ2) is 6.31. The van der Waals surface area contributed by atoms with Crippen LogP contribution in [0.1, 0.15) is 32.6 Å². The maximum atomic E-state index is 10.3. The third-order valence-corrected chi connectivity index (χ3v) is 2.27. The number of rotatable bonds is 6. The number of carboxylic acid groups (broad SMARTS) is 1. The van der Waals surface area contributed by atoms with Crippen molar-refractivity contribution in [2.24, 2.45) is 5.73 Å². The molecule has 0 heterocycles. The predicted octanol–water partition coefficient (Wildman–Crippen LogP) is 1.28. The van der Waals surface area contributed by atoms with E-state index >= 15 is 0 Å². The van der Waals surface area contributed by atoms with Gasteiger partial charge in [-0.1, -0.05) is 13.3 Å². The van der Waals surface area contributed by atoms with Crippen LogP contribution in [0.15, 0.2) is 0 Å². The van der Waals surface area contributed by atoms with E-state index < -0.39 is 12.0 Å². The molecule has 0 saturated heterocycles. The van der Waals surface area contributed by atoms with E-state index in [0.717, 1.165) is 19.3 Å². The number of carbonyl (C=O) groups is 1. The van der Waals surface area contributed by atoms with Gasteiger partial charge in [0.25, 0.3) is 0 Å². The molecule has 0 aliphatic carbocycles. The zero-order valence-corrected chi connectivity index (χ0v) is 8.26. The zero-order valence-electron chi connectivity index (χ0n) is 7.36. The first-order valence-electron chi connectivity index (χ1n) is 4.24. The van der Waals surface area contributed by atoms with Gasteiger partial charge in [0.1, 0.15) is 6.04 Å². The lowest BCUT2D eigenvalue weighted by Crippen LogP contribution is -2.30. The molecule has 0 bridgehead atoms. The van der Waals surface area contributed by atoms with Crippen molar-refractivity contribution >= 4 is 18.6 Å². The Labute approximate surface area is 78.7 Å². The van der Waals surface area contributed by atoms with Crippen LogP contribution in [-0.4, -0.2) is 22.4 Å². The number of thiol groups is 1. The number of hydrogen-bond donors (Lipinski definition) is 3. The summed E-state index contributed by atoms with van der Waals surface area (Å²) in [5, 5.41) is 8.77. The lowest BCUT2D eigenvalue weighted by Gasteiger charge is -2.10. The van der Waals surface area contributed by atoms with Crippen LogP contribution >= 0.6 is 12.6 Å². The van der Waals surface area contributed by atoms with Gasteiger partial charge in [-0.2, -0.15) is 12.6 Å². The second-order valence-electron chi connectivity index (χ2n) is 2.96. The minimum absolute atomic E-state index is 0.292. The van der Waals surface area contributed by atoms with Crippen LogP contribution < -0.4 is 5.73 Å². The monoisotopic (exact) mass is 191 g/mol. The second-order valence-corrected chi connectivity index (χ2v) is 3.69. The van der Waals surface area contributed by atoms with E-state index in [0.29, 0.717) is 11.7 Å². The fraction of sp³-hybridized carbons (Fsp3) is 0.875. The van der Waals surface area contributed by atoms with Gasteiger partial charge in [-0.15, -0.1) is 0 Å². The molecular formula is C8H17NO2S. The Morgan fingerprint density at radius 2 is 2.08 bits per heavy atom. The SMILES string of the molecule is CCCC(S)CCC(N)C(=O)O. The highest BCUT2D eigenvalue weighted by molar-refractivity contribution is 7.80. The highest BCUT2D eigenvalue weighted by Crippen LogP contribution is 2.12. The van der Waals surface area contributed by atoms with Gasteiger partial charge < -0.3 is 10.8 Å². The van der Waals surface area contributed by atoms with Gasteiger partial charge in [0.05, 0.1) is 0 Å². The number of nitrogens with two attached hydrogens (primary N) is 1. The van der Waals surface area contributed by atoms with Crippen LogP contribution in [0.2, 0.25) is 0 Å². The van der Waals surface area contributed by atoms with Crippen LogP contribution in [0.4, 0.5) is 0 Å². The molecule has 0 radical (unpaired) electrons. The molecule has 3 nitrogen and oxygen atoms in total. The van der Waals surface area contributed by atoms with Crippen molar-refractivity contribution < 1.29 is 9.90 Å². The molecule has 0 aromatic carbocycles. The summed E-state index contributed by atoms with van der Waals surface area (Å²) in [5.74, 6) is -0.924. The number of aliphatic carboxylic acids is 1. The van der Waals surface area contributed by atoms with Crippen molar-refractivity contribution in [1.82, 2.24) is 0 Å². The predicted molar refractivity (Wildman–Crippen MR) is 52.5 cm³/mol. The Balaban J connectivity index is 3.46. The van der Waals surface area contributed by atoms with Crippen molar-refractivity contribution in [3.63, 3.8) is 0 Å². The molecule has 12 heavy (non-hydrogen) atoms.